The van der Waals surface area contributed by atoms with E-state index in [9.17, 15) is 4.79 Å². The van der Waals surface area contributed by atoms with Gasteiger partial charge in [-0.1, -0.05) is 0 Å². The van der Waals surface area contributed by atoms with E-state index < -0.39 is 5.60 Å². The van der Waals surface area contributed by atoms with Gasteiger partial charge in [0.05, 0.1) is 24.6 Å². The van der Waals surface area contributed by atoms with Crippen LogP contribution in [0.3, 0.4) is 0 Å². The molecular weight excluding hydrogens is 208 g/mol. The zero-order valence-electron chi connectivity index (χ0n) is 10.2. The molecule has 0 aromatic heterocycles. The molecule has 1 rings (SSSR count). The highest BCUT2D eigenvalue weighted by molar-refractivity contribution is 5.68. The summed E-state index contributed by atoms with van der Waals surface area (Å²) in [5.74, 6) is -0.266. The molecule has 0 unspecified atom stereocenters. The summed E-state index contributed by atoms with van der Waals surface area (Å²) in [5, 5.41) is 8.89. The fraction of sp³-hybridized carbons (Fsp3) is 0.818. The predicted octanol–water partition coefficient (Wildman–Crippen LogP) is 1.39. The third kappa shape index (κ3) is 3.11. The first-order chi connectivity index (χ1) is 7.37. The standard InChI is InChI=1S/C11H18N2O3/c1-11(2,3)16-10(14)13-6-8(5-12)9(7-13)15-4/h8-9H,6-7H2,1-4H3/t8-,9-/m0/s1. The van der Waals surface area contributed by atoms with Crippen molar-refractivity contribution in [2.45, 2.75) is 32.5 Å². The van der Waals surface area contributed by atoms with Gasteiger partial charge in [-0.15, -0.1) is 0 Å². The minimum atomic E-state index is -0.510. The molecule has 0 N–H and O–H groups in total. The Hall–Kier alpha value is -1.28. The van der Waals surface area contributed by atoms with Gasteiger partial charge in [-0.3, -0.25) is 0 Å². The highest BCUT2D eigenvalue weighted by Gasteiger charge is 2.37. The largest absolute Gasteiger partial charge is 0.444 e. The molecule has 16 heavy (non-hydrogen) atoms. The third-order valence-corrected chi connectivity index (χ3v) is 2.39. The van der Waals surface area contributed by atoms with E-state index in [1.54, 1.807) is 7.11 Å². The van der Waals surface area contributed by atoms with Gasteiger partial charge in [0.2, 0.25) is 0 Å². The minimum Gasteiger partial charge on any atom is -0.444 e. The molecule has 0 spiro atoms. The third-order valence-electron chi connectivity index (χ3n) is 2.39. The number of ether oxygens (including phenoxy) is 2. The Morgan fingerprint density at radius 3 is 2.44 bits per heavy atom. The SMILES string of the molecule is CO[C@H]1CN(C(=O)OC(C)(C)C)C[C@@H]1C#N. The summed E-state index contributed by atoms with van der Waals surface area (Å²) in [4.78, 5) is 13.2. The molecule has 0 radical (unpaired) electrons. The topological polar surface area (TPSA) is 62.6 Å². The molecule has 1 aliphatic heterocycles. The van der Waals surface area contributed by atoms with Crippen molar-refractivity contribution in [3.05, 3.63) is 0 Å². The Bertz CT molecular complexity index is 303. The lowest BCUT2D eigenvalue weighted by Gasteiger charge is -2.24. The second-order valence-electron chi connectivity index (χ2n) is 4.90. The molecule has 1 aliphatic rings. The maximum Gasteiger partial charge on any atom is 0.410 e. The molecule has 1 heterocycles. The number of likely N-dealkylation sites (tertiary alicyclic amines) is 1. The lowest BCUT2D eigenvalue weighted by molar-refractivity contribution is 0.0252. The van der Waals surface area contributed by atoms with Crippen LogP contribution in [0.4, 0.5) is 4.79 Å². The van der Waals surface area contributed by atoms with Crippen LogP contribution in [-0.2, 0) is 9.47 Å². The van der Waals surface area contributed by atoms with E-state index in [0.29, 0.717) is 13.1 Å². The van der Waals surface area contributed by atoms with E-state index in [4.69, 9.17) is 14.7 Å². The minimum absolute atomic E-state index is 0.211. The first kappa shape index (κ1) is 12.8. The highest BCUT2D eigenvalue weighted by Crippen LogP contribution is 2.21. The number of hydrogen-bond acceptors (Lipinski definition) is 4. The molecule has 5 heteroatoms. The van der Waals surface area contributed by atoms with Crippen molar-refractivity contribution in [1.82, 2.24) is 4.90 Å². The van der Waals surface area contributed by atoms with Gasteiger partial charge in [-0.2, -0.15) is 5.26 Å². The van der Waals surface area contributed by atoms with Gasteiger partial charge in [0, 0.05) is 13.7 Å². The van der Waals surface area contributed by atoms with Crippen LogP contribution in [0.25, 0.3) is 0 Å². The Morgan fingerprint density at radius 1 is 1.44 bits per heavy atom. The molecule has 2 atom stereocenters. The maximum atomic E-state index is 11.7. The number of carbonyl (C=O) groups is 1. The van der Waals surface area contributed by atoms with Gasteiger partial charge in [0.1, 0.15) is 5.60 Å². The molecular formula is C11H18N2O3. The number of rotatable bonds is 1. The number of amides is 1. The maximum absolute atomic E-state index is 11.7. The van der Waals surface area contributed by atoms with Crippen LogP contribution in [0.15, 0.2) is 0 Å². The van der Waals surface area contributed by atoms with Crippen LogP contribution in [-0.4, -0.2) is 42.9 Å². The summed E-state index contributed by atoms with van der Waals surface area (Å²) >= 11 is 0. The first-order valence-electron chi connectivity index (χ1n) is 5.27. The number of carbonyl (C=O) groups excluding carboxylic acids is 1. The fourth-order valence-electron chi connectivity index (χ4n) is 1.61. The van der Waals surface area contributed by atoms with Gasteiger partial charge in [0.15, 0.2) is 0 Å². The molecule has 1 amide bonds. The molecule has 1 saturated heterocycles. The van der Waals surface area contributed by atoms with Crippen molar-refractivity contribution < 1.29 is 14.3 Å². The molecule has 5 nitrogen and oxygen atoms in total. The summed E-state index contributed by atoms with van der Waals surface area (Å²) in [6.07, 6.45) is -0.593. The van der Waals surface area contributed by atoms with Crippen molar-refractivity contribution >= 4 is 6.09 Å². The summed E-state index contributed by atoms with van der Waals surface area (Å²) in [7, 11) is 1.55. The molecule has 1 fully saturated rings. The van der Waals surface area contributed by atoms with Gasteiger partial charge < -0.3 is 14.4 Å². The van der Waals surface area contributed by atoms with Crippen molar-refractivity contribution in [2.24, 2.45) is 5.92 Å². The van der Waals surface area contributed by atoms with E-state index in [2.05, 4.69) is 6.07 Å². The van der Waals surface area contributed by atoms with Crippen molar-refractivity contribution in [2.75, 3.05) is 20.2 Å². The van der Waals surface area contributed by atoms with E-state index in [1.807, 2.05) is 20.8 Å². The Labute approximate surface area is 95.9 Å². The van der Waals surface area contributed by atoms with Gasteiger partial charge >= 0.3 is 6.09 Å². The van der Waals surface area contributed by atoms with Crippen LogP contribution in [0, 0.1) is 17.2 Å². The molecule has 0 bridgehead atoms. The number of nitrogens with zero attached hydrogens (tertiary/aromatic N) is 2. The summed E-state index contributed by atoms with van der Waals surface area (Å²) in [5.41, 5.74) is -0.510. The quantitative estimate of drug-likeness (QED) is 0.678. The lowest BCUT2D eigenvalue weighted by Crippen LogP contribution is -2.36. The number of hydrogen-bond donors (Lipinski definition) is 0. The number of nitriles is 1. The average molecular weight is 226 g/mol. The van der Waals surface area contributed by atoms with Crippen LogP contribution < -0.4 is 0 Å². The Balaban J connectivity index is 2.58. The van der Waals surface area contributed by atoms with Gasteiger partial charge in [-0.05, 0) is 20.8 Å². The summed E-state index contributed by atoms with van der Waals surface area (Å²) in [6, 6.07) is 2.14. The zero-order chi connectivity index (χ0) is 12.3. The molecule has 0 aromatic carbocycles. The monoisotopic (exact) mass is 226 g/mol. The molecule has 0 aromatic rings. The van der Waals surface area contributed by atoms with Crippen LogP contribution in [0.2, 0.25) is 0 Å². The van der Waals surface area contributed by atoms with Crippen LogP contribution >= 0.6 is 0 Å². The summed E-state index contributed by atoms with van der Waals surface area (Å²) in [6.45, 7) is 6.25. The predicted molar refractivity (Wildman–Crippen MR) is 57.7 cm³/mol. The summed E-state index contributed by atoms with van der Waals surface area (Å²) < 4.78 is 10.4. The van der Waals surface area contributed by atoms with Crippen molar-refractivity contribution in [3.63, 3.8) is 0 Å². The molecule has 0 aliphatic carbocycles. The van der Waals surface area contributed by atoms with Crippen LogP contribution in [0.5, 0.6) is 0 Å². The number of methoxy groups -OCH3 is 1. The van der Waals surface area contributed by atoms with Crippen molar-refractivity contribution in [1.29, 1.82) is 5.26 Å². The van der Waals surface area contributed by atoms with Crippen LogP contribution in [0.1, 0.15) is 20.8 Å². The Morgan fingerprint density at radius 2 is 2.06 bits per heavy atom. The van der Waals surface area contributed by atoms with E-state index in [0.717, 1.165) is 0 Å². The lowest BCUT2D eigenvalue weighted by atomic mass is 10.1. The van der Waals surface area contributed by atoms with Gasteiger partial charge in [0.25, 0.3) is 0 Å². The van der Waals surface area contributed by atoms with E-state index in [1.165, 1.54) is 4.90 Å². The average Bonchev–Trinajstić information content (AvgIpc) is 2.57. The fourth-order valence-corrected chi connectivity index (χ4v) is 1.61. The van der Waals surface area contributed by atoms with E-state index >= 15 is 0 Å². The van der Waals surface area contributed by atoms with Crippen molar-refractivity contribution in [3.8, 4) is 6.07 Å². The first-order valence-corrected chi connectivity index (χ1v) is 5.27. The van der Waals surface area contributed by atoms with Gasteiger partial charge in [-0.25, -0.2) is 4.79 Å². The second kappa shape index (κ2) is 4.71. The highest BCUT2D eigenvalue weighted by atomic mass is 16.6. The Kier molecular flexibility index (Phi) is 3.76. The second-order valence-corrected chi connectivity index (χ2v) is 4.90. The van der Waals surface area contributed by atoms with E-state index in [-0.39, 0.29) is 18.1 Å². The normalized spacial score (nSPS) is 25.3. The smallest absolute Gasteiger partial charge is 0.410 e. The molecule has 90 valence electrons. The molecule has 0 saturated carbocycles. The zero-order valence-corrected chi connectivity index (χ0v) is 10.2.